The predicted octanol–water partition coefficient (Wildman–Crippen LogP) is 4.29. The van der Waals surface area contributed by atoms with Crippen LogP contribution in [0.3, 0.4) is 0 Å². The summed E-state index contributed by atoms with van der Waals surface area (Å²) >= 11 is 5.91. The molecule has 1 nitrogen and oxygen atoms in total. The van der Waals surface area contributed by atoms with Gasteiger partial charge in [0.1, 0.15) is 5.82 Å². The van der Waals surface area contributed by atoms with E-state index in [1.54, 1.807) is 12.1 Å². The van der Waals surface area contributed by atoms with Gasteiger partial charge < -0.3 is 5.32 Å². The van der Waals surface area contributed by atoms with Crippen LogP contribution >= 0.6 is 11.6 Å². The van der Waals surface area contributed by atoms with Gasteiger partial charge in [-0.15, -0.1) is 0 Å². The predicted molar refractivity (Wildman–Crippen MR) is 76.6 cm³/mol. The standard InChI is InChI=1S/C15H23ClFN/c1-11(2)9-18-10-15(3,4)8-12-7-13(16)5-6-14(12)17/h5-7,11,18H,8-10H2,1-4H3. The Morgan fingerprint density at radius 2 is 2.00 bits per heavy atom. The molecule has 1 rings (SSSR count). The number of hydrogen-bond donors (Lipinski definition) is 1. The summed E-state index contributed by atoms with van der Waals surface area (Å²) in [6.45, 7) is 10.5. The zero-order valence-corrected chi connectivity index (χ0v) is 12.4. The maximum Gasteiger partial charge on any atom is 0.126 e. The Labute approximate surface area is 115 Å². The van der Waals surface area contributed by atoms with Crippen LogP contribution in [0.1, 0.15) is 33.3 Å². The molecule has 0 aliphatic heterocycles. The van der Waals surface area contributed by atoms with Crippen molar-refractivity contribution < 1.29 is 4.39 Å². The lowest BCUT2D eigenvalue weighted by Crippen LogP contribution is -2.33. The summed E-state index contributed by atoms with van der Waals surface area (Å²) in [5, 5.41) is 4.02. The van der Waals surface area contributed by atoms with Gasteiger partial charge in [0.2, 0.25) is 0 Å². The second-order valence-electron chi connectivity index (χ2n) is 6.10. The number of halogens is 2. The highest BCUT2D eigenvalue weighted by atomic mass is 35.5. The van der Waals surface area contributed by atoms with E-state index in [-0.39, 0.29) is 11.2 Å². The van der Waals surface area contributed by atoms with Gasteiger partial charge in [0.25, 0.3) is 0 Å². The maximum atomic E-state index is 13.7. The van der Waals surface area contributed by atoms with Gasteiger partial charge >= 0.3 is 0 Å². The fraction of sp³-hybridized carbons (Fsp3) is 0.600. The van der Waals surface area contributed by atoms with Crippen LogP contribution in [0.2, 0.25) is 5.02 Å². The molecule has 0 aromatic heterocycles. The first kappa shape index (κ1) is 15.5. The van der Waals surface area contributed by atoms with E-state index in [4.69, 9.17) is 11.6 Å². The summed E-state index contributed by atoms with van der Waals surface area (Å²) in [5.41, 5.74) is 0.708. The second-order valence-corrected chi connectivity index (χ2v) is 6.54. The molecule has 0 aliphatic rings. The third kappa shape index (κ3) is 5.36. The smallest absolute Gasteiger partial charge is 0.126 e. The quantitative estimate of drug-likeness (QED) is 0.814. The van der Waals surface area contributed by atoms with Gasteiger partial charge in [-0.25, -0.2) is 4.39 Å². The van der Waals surface area contributed by atoms with Crippen LogP contribution in [-0.2, 0) is 6.42 Å². The van der Waals surface area contributed by atoms with Crippen LogP contribution < -0.4 is 5.32 Å². The average Bonchev–Trinajstić information content (AvgIpc) is 2.22. The fourth-order valence-electron chi connectivity index (χ4n) is 1.96. The lowest BCUT2D eigenvalue weighted by molar-refractivity contribution is 0.326. The molecule has 0 radical (unpaired) electrons. The Kier molecular flexibility index (Phi) is 5.61. The van der Waals surface area contributed by atoms with Gasteiger partial charge in [-0.1, -0.05) is 39.3 Å². The summed E-state index contributed by atoms with van der Waals surface area (Å²) in [7, 11) is 0. The van der Waals surface area contributed by atoms with Crippen LogP contribution in [0, 0.1) is 17.2 Å². The number of hydrogen-bond acceptors (Lipinski definition) is 1. The van der Waals surface area contributed by atoms with E-state index >= 15 is 0 Å². The average molecular weight is 272 g/mol. The van der Waals surface area contributed by atoms with Crippen molar-refractivity contribution in [3.05, 3.63) is 34.6 Å². The molecule has 0 saturated heterocycles. The number of benzene rings is 1. The minimum absolute atomic E-state index is 0.0143. The Morgan fingerprint density at radius 1 is 1.33 bits per heavy atom. The van der Waals surface area contributed by atoms with E-state index in [0.29, 0.717) is 22.9 Å². The van der Waals surface area contributed by atoms with Crippen molar-refractivity contribution in [3.8, 4) is 0 Å². The highest BCUT2D eigenvalue weighted by molar-refractivity contribution is 6.30. The molecule has 0 unspecified atom stereocenters. The van der Waals surface area contributed by atoms with Crippen molar-refractivity contribution in [1.82, 2.24) is 5.32 Å². The summed E-state index contributed by atoms with van der Waals surface area (Å²) in [4.78, 5) is 0. The molecule has 0 amide bonds. The molecule has 0 fully saturated rings. The van der Waals surface area contributed by atoms with E-state index in [1.165, 1.54) is 6.07 Å². The molecule has 1 aromatic rings. The second kappa shape index (κ2) is 6.53. The van der Waals surface area contributed by atoms with Gasteiger partial charge in [-0.05, 0) is 48.1 Å². The molecule has 0 atom stereocenters. The van der Waals surface area contributed by atoms with Crippen molar-refractivity contribution in [2.24, 2.45) is 11.3 Å². The van der Waals surface area contributed by atoms with Gasteiger partial charge in [-0.3, -0.25) is 0 Å². The van der Waals surface area contributed by atoms with E-state index in [0.717, 1.165) is 13.1 Å². The third-order valence-corrected chi connectivity index (χ3v) is 3.07. The van der Waals surface area contributed by atoms with Crippen LogP contribution in [0.25, 0.3) is 0 Å². The fourth-order valence-corrected chi connectivity index (χ4v) is 2.15. The lowest BCUT2D eigenvalue weighted by Gasteiger charge is -2.26. The zero-order valence-electron chi connectivity index (χ0n) is 11.7. The lowest BCUT2D eigenvalue weighted by atomic mass is 9.85. The van der Waals surface area contributed by atoms with Gasteiger partial charge in [0.15, 0.2) is 0 Å². The van der Waals surface area contributed by atoms with Crippen LogP contribution in [0.5, 0.6) is 0 Å². The molecule has 0 saturated carbocycles. The van der Waals surface area contributed by atoms with Crippen molar-refractivity contribution in [2.75, 3.05) is 13.1 Å². The van der Waals surface area contributed by atoms with Crippen molar-refractivity contribution in [1.29, 1.82) is 0 Å². The van der Waals surface area contributed by atoms with E-state index in [2.05, 4.69) is 33.0 Å². The number of rotatable bonds is 6. The first-order chi connectivity index (χ1) is 8.30. The van der Waals surface area contributed by atoms with Crippen LogP contribution in [-0.4, -0.2) is 13.1 Å². The maximum absolute atomic E-state index is 13.7. The molecular formula is C15H23ClFN. The molecule has 0 heterocycles. The molecule has 3 heteroatoms. The first-order valence-electron chi connectivity index (χ1n) is 6.45. The van der Waals surface area contributed by atoms with E-state index < -0.39 is 0 Å². The molecule has 0 spiro atoms. The van der Waals surface area contributed by atoms with Gasteiger partial charge in [0.05, 0.1) is 0 Å². The van der Waals surface area contributed by atoms with Crippen molar-refractivity contribution in [2.45, 2.75) is 34.1 Å². The van der Waals surface area contributed by atoms with Gasteiger partial charge in [0, 0.05) is 11.6 Å². The van der Waals surface area contributed by atoms with Crippen molar-refractivity contribution in [3.63, 3.8) is 0 Å². The van der Waals surface area contributed by atoms with Gasteiger partial charge in [-0.2, -0.15) is 0 Å². The SMILES string of the molecule is CC(C)CNCC(C)(C)Cc1cc(Cl)ccc1F. The third-order valence-electron chi connectivity index (χ3n) is 2.83. The zero-order chi connectivity index (χ0) is 13.8. The Morgan fingerprint density at radius 3 is 2.61 bits per heavy atom. The highest BCUT2D eigenvalue weighted by Crippen LogP contribution is 2.25. The molecule has 0 aliphatic carbocycles. The van der Waals surface area contributed by atoms with Crippen LogP contribution in [0.4, 0.5) is 4.39 Å². The Hall–Kier alpha value is -0.600. The molecule has 102 valence electrons. The summed E-state index contributed by atoms with van der Waals surface area (Å²) < 4.78 is 13.7. The molecule has 0 bridgehead atoms. The van der Waals surface area contributed by atoms with E-state index in [9.17, 15) is 4.39 Å². The van der Waals surface area contributed by atoms with E-state index in [1.807, 2.05) is 0 Å². The summed E-state index contributed by atoms with van der Waals surface area (Å²) in [6, 6.07) is 4.75. The normalized spacial score (nSPS) is 12.2. The summed E-state index contributed by atoms with van der Waals surface area (Å²) in [5.74, 6) is 0.458. The van der Waals surface area contributed by atoms with Crippen molar-refractivity contribution >= 4 is 11.6 Å². The minimum Gasteiger partial charge on any atom is -0.316 e. The molecule has 18 heavy (non-hydrogen) atoms. The largest absolute Gasteiger partial charge is 0.316 e. The highest BCUT2D eigenvalue weighted by Gasteiger charge is 2.20. The van der Waals surface area contributed by atoms with Crippen LogP contribution in [0.15, 0.2) is 18.2 Å². The Bertz CT molecular complexity index is 388. The Balaban J connectivity index is 2.61. The monoisotopic (exact) mass is 271 g/mol. The molecular weight excluding hydrogens is 249 g/mol. The summed E-state index contributed by atoms with van der Waals surface area (Å²) in [6.07, 6.45) is 0.685. The molecule has 1 N–H and O–H groups in total. The molecule has 1 aromatic carbocycles. The first-order valence-corrected chi connectivity index (χ1v) is 6.82. The minimum atomic E-state index is -0.170. The topological polar surface area (TPSA) is 12.0 Å². The number of nitrogens with one attached hydrogen (secondary N) is 1.